The first kappa shape index (κ1) is 20.1. The molecule has 8 heteroatoms. The molecular formula is C22H28N6O2. The molecule has 8 nitrogen and oxygen atoms in total. The van der Waals surface area contributed by atoms with Crippen molar-refractivity contribution in [2.24, 2.45) is 13.0 Å². The fourth-order valence-corrected chi connectivity index (χ4v) is 3.69. The zero-order valence-electron chi connectivity index (χ0n) is 17.9. The van der Waals surface area contributed by atoms with Gasteiger partial charge < -0.3 is 14.8 Å². The van der Waals surface area contributed by atoms with E-state index in [0.717, 1.165) is 41.5 Å². The normalized spacial score (nSPS) is 17.6. The van der Waals surface area contributed by atoms with Crippen LogP contribution in [-0.2, 0) is 13.6 Å². The Morgan fingerprint density at radius 3 is 2.77 bits per heavy atom. The van der Waals surface area contributed by atoms with Crippen molar-refractivity contribution < 1.29 is 9.47 Å². The minimum absolute atomic E-state index is 0.520. The van der Waals surface area contributed by atoms with Crippen molar-refractivity contribution in [1.82, 2.24) is 24.7 Å². The molecule has 0 spiro atoms. The third-order valence-electron chi connectivity index (χ3n) is 5.40. The summed E-state index contributed by atoms with van der Waals surface area (Å²) in [6, 6.07) is 7.94. The molecule has 4 rings (SSSR count). The number of rotatable bonds is 9. The Labute approximate surface area is 176 Å². The van der Waals surface area contributed by atoms with Crippen molar-refractivity contribution >= 4 is 5.82 Å². The zero-order chi connectivity index (χ0) is 21.1. The second-order valence-corrected chi connectivity index (χ2v) is 7.76. The Kier molecular flexibility index (Phi) is 5.83. The zero-order valence-corrected chi connectivity index (χ0v) is 17.9. The number of hydrogen-bond acceptors (Lipinski definition) is 7. The first-order valence-electron chi connectivity index (χ1n) is 10.2. The molecule has 1 fully saturated rings. The quantitative estimate of drug-likeness (QED) is 0.580. The van der Waals surface area contributed by atoms with Crippen LogP contribution in [0.3, 0.4) is 0 Å². The minimum atomic E-state index is 0.520. The number of methoxy groups -OCH3 is 1. The van der Waals surface area contributed by atoms with E-state index in [0.29, 0.717) is 36.7 Å². The van der Waals surface area contributed by atoms with Crippen LogP contribution >= 0.6 is 0 Å². The summed E-state index contributed by atoms with van der Waals surface area (Å²) in [4.78, 5) is 13.4. The van der Waals surface area contributed by atoms with E-state index < -0.39 is 0 Å². The molecule has 2 unspecified atom stereocenters. The van der Waals surface area contributed by atoms with Crippen molar-refractivity contribution in [2.45, 2.75) is 39.2 Å². The van der Waals surface area contributed by atoms with Crippen LogP contribution in [0.25, 0.3) is 0 Å². The summed E-state index contributed by atoms with van der Waals surface area (Å²) in [7, 11) is 3.60. The lowest BCUT2D eigenvalue weighted by molar-refractivity contribution is 0.289. The Hall–Kier alpha value is -3.16. The SMILES string of the molecule is COc1ccc(C2CC2CCOc2cc(NCc3cc(C)nn3C)nc(C)n2)nc1. The number of ether oxygens (including phenoxy) is 2. The molecule has 30 heavy (non-hydrogen) atoms. The van der Waals surface area contributed by atoms with Gasteiger partial charge in [0.1, 0.15) is 17.4 Å². The van der Waals surface area contributed by atoms with Gasteiger partial charge in [-0.3, -0.25) is 9.67 Å². The molecule has 0 saturated heterocycles. The van der Waals surface area contributed by atoms with Gasteiger partial charge in [0.25, 0.3) is 0 Å². The van der Waals surface area contributed by atoms with Gasteiger partial charge in [0.15, 0.2) is 0 Å². The van der Waals surface area contributed by atoms with Crippen LogP contribution in [0.2, 0.25) is 0 Å². The number of hydrogen-bond donors (Lipinski definition) is 1. The monoisotopic (exact) mass is 408 g/mol. The standard InChI is InChI=1S/C22H28N6O2/c1-14-9-17(28(3)27-14)12-24-21-11-22(26-15(2)25-21)30-8-7-16-10-19(16)20-6-5-18(29-4)13-23-20/h5-6,9,11,13,16,19H,7-8,10,12H2,1-4H3,(H,24,25,26). The molecule has 3 aromatic heterocycles. The minimum Gasteiger partial charge on any atom is -0.495 e. The Morgan fingerprint density at radius 2 is 2.07 bits per heavy atom. The fourth-order valence-electron chi connectivity index (χ4n) is 3.69. The number of nitrogens with one attached hydrogen (secondary N) is 1. The largest absolute Gasteiger partial charge is 0.495 e. The van der Waals surface area contributed by atoms with E-state index in [1.54, 1.807) is 13.3 Å². The van der Waals surface area contributed by atoms with E-state index in [9.17, 15) is 0 Å². The number of pyridine rings is 1. The maximum absolute atomic E-state index is 5.93. The van der Waals surface area contributed by atoms with Crippen molar-refractivity contribution in [3.63, 3.8) is 0 Å². The van der Waals surface area contributed by atoms with Crippen LogP contribution in [-0.4, -0.2) is 38.4 Å². The van der Waals surface area contributed by atoms with Crippen LogP contribution < -0.4 is 14.8 Å². The predicted octanol–water partition coefficient (Wildman–Crippen LogP) is 3.42. The van der Waals surface area contributed by atoms with E-state index in [1.165, 1.54) is 0 Å². The molecule has 1 N–H and O–H groups in total. The first-order chi connectivity index (χ1) is 14.5. The lowest BCUT2D eigenvalue weighted by Crippen LogP contribution is -2.08. The molecule has 158 valence electrons. The molecule has 0 aliphatic heterocycles. The Morgan fingerprint density at radius 1 is 1.20 bits per heavy atom. The number of nitrogens with zero attached hydrogens (tertiary/aromatic N) is 5. The number of aromatic nitrogens is 5. The number of aryl methyl sites for hydroxylation is 3. The van der Waals surface area contributed by atoms with Crippen LogP contribution in [0.4, 0.5) is 5.82 Å². The average molecular weight is 409 g/mol. The smallest absolute Gasteiger partial charge is 0.218 e. The highest BCUT2D eigenvalue weighted by Gasteiger charge is 2.38. The highest BCUT2D eigenvalue weighted by atomic mass is 16.5. The van der Waals surface area contributed by atoms with Crippen molar-refractivity contribution in [2.75, 3.05) is 19.0 Å². The van der Waals surface area contributed by atoms with E-state index in [-0.39, 0.29) is 0 Å². The van der Waals surface area contributed by atoms with Gasteiger partial charge in [-0.1, -0.05) is 0 Å². The summed E-state index contributed by atoms with van der Waals surface area (Å²) in [6.45, 7) is 5.14. The van der Waals surface area contributed by atoms with Crippen molar-refractivity contribution in [1.29, 1.82) is 0 Å². The summed E-state index contributed by atoms with van der Waals surface area (Å²) >= 11 is 0. The lowest BCUT2D eigenvalue weighted by atomic mass is 10.2. The molecule has 3 aromatic rings. The van der Waals surface area contributed by atoms with E-state index in [1.807, 2.05) is 37.7 Å². The van der Waals surface area contributed by atoms with Crippen LogP contribution in [0.1, 0.15) is 41.7 Å². The third-order valence-corrected chi connectivity index (χ3v) is 5.40. The van der Waals surface area contributed by atoms with Gasteiger partial charge in [-0.15, -0.1) is 0 Å². The van der Waals surface area contributed by atoms with E-state index >= 15 is 0 Å². The van der Waals surface area contributed by atoms with E-state index in [2.05, 4.69) is 37.5 Å². The molecule has 0 radical (unpaired) electrons. The molecule has 2 atom stereocenters. The maximum atomic E-state index is 5.93. The average Bonchev–Trinajstić information content (AvgIpc) is 3.42. The molecule has 1 aliphatic rings. The van der Waals surface area contributed by atoms with Gasteiger partial charge >= 0.3 is 0 Å². The topological polar surface area (TPSA) is 87.0 Å². The summed E-state index contributed by atoms with van der Waals surface area (Å²) in [6.07, 6.45) is 3.92. The third kappa shape index (κ3) is 4.87. The van der Waals surface area contributed by atoms with Crippen molar-refractivity contribution in [3.8, 4) is 11.6 Å². The molecule has 1 saturated carbocycles. The highest BCUT2D eigenvalue weighted by Crippen LogP contribution is 2.48. The van der Waals surface area contributed by atoms with Gasteiger partial charge in [0, 0.05) is 24.7 Å². The Balaban J connectivity index is 1.27. The summed E-state index contributed by atoms with van der Waals surface area (Å²) < 4.78 is 13.0. The second kappa shape index (κ2) is 8.69. The molecule has 1 aliphatic carbocycles. The molecule has 0 amide bonds. The highest BCUT2D eigenvalue weighted by molar-refractivity contribution is 5.39. The van der Waals surface area contributed by atoms with Gasteiger partial charge in [-0.25, -0.2) is 4.98 Å². The van der Waals surface area contributed by atoms with Crippen LogP contribution in [0.15, 0.2) is 30.5 Å². The maximum Gasteiger partial charge on any atom is 0.218 e. The van der Waals surface area contributed by atoms with Gasteiger partial charge in [-0.2, -0.15) is 10.1 Å². The summed E-state index contributed by atoms with van der Waals surface area (Å²) in [5.41, 5.74) is 3.23. The van der Waals surface area contributed by atoms with E-state index in [4.69, 9.17) is 9.47 Å². The predicted molar refractivity (Wildman–Crippen MR) is 114 cm³/mol. The van der Waals surface area contributed by atoms with Gasteiger partial charge in [0.2, 0.25) is 5.88 Å². The summed E-state index contributed by atoms with van der Waals surface area (Å²) in [5.74, 6) is 3.96. The number of anilines is 1. The molecular weight excluding hydrogens is 380 g/mol. The Bertz CT molecular complexity index is 1000. The summed E-state index contributed by atoms with van der Waals surface area (Å²) in [5, 5.41) is 7.70. The first-order valence-corrected chi connectivity index (χ1v) is 10.2. The molecule has 3 heterocycles. The van der Waals surface area contributed by atoms with Gasteiger partial charge in [0.05, 0.1) is 37.8 Å². The fraction of sp³-hybridized carbons (Fsp3) is 0.455. The molecule has 0 aromatic carbocycles. The van der Waals surface area contributed by atoms with Gasteiger partial charge in [-0.05, 0) is 50.8 Å². The molecule has 0 bridgehead atoms. The van der Waals surface area contributed by atoms with Crippen LogP contribution in [0, 0.1) is 19.8 Å². The van der Waals surface area contributed by atoms with Crippen LogP contribution in [0.5, 0.6) is 11.6 Å². The second-order valence-electron chi connectivity index (χ2n) is 7.76. The van der Waals surface area contributed by atoms with Crippen molar-refractivity contribution in [3.05, 3.63) is 53.4 Å². The lowest BCUT2D eigenvalue weighted by Gasteiger charge is -2.10.